The van der Waals surface area contributed by atoms with Gasteiger partial charge in [0.05, 0.1) is 6.54 Å². The summed E-state index contributed by atoms with van der Waals surface area (Å²) in [5, 5.41) is 2.36. The molecule has 0 fully saturated rings. The van der Waals surface area contributed by atoms with Gasteiger partial charge in [0.25, 0.3) is 5.91 Å². The van der Waals surface area contributed by atoms with Gasteiger partial charge in [0.1, 0.15) is 12.4 Å². The summed E-state index contributed by atoms with van der Waals surface area (Å²) in [6.07, 6.45) is 2.15. The van der Waals surface area contributed by atoms with E-state index in [2.05, 4.69) is 24.3 Å². The van der Waals surface area contributed by atoms with Crippen molar-refractivity contribution >= 4 is 16.7 Å². The summed E-state index contributed by atoms with van der Waals surface area (Å²) < 4.78 is 5.70. The van der Waals surface area contributed by atoms with E-state index in [1.165, 1.54) is 16.5 Å². The maximum Gasteiger partial charge on any atom is 0.254 e. The molecule has 0 saturated heterocycles. The third-order valence-corrected chi connectivity index (χ3v) is 4.89. The van der Waals surface area contributed by atoms with Gasteiger partial charge in [0.2, 0.25) is 0 Å². The Balaban J connectivity index is 1.50. The van der Waals surface area contributed by atoms with E-state index in [9.17, 15) is 4.79 Å². The van der Waals surface area contributed by atoms with E-state index < -0.39 is 0 Å². The number of carbonyl (C=O) groups is 1. The van der Waals surface area contributed by atoms with Crippen molar-refractivity contribution in [3.8, 4) is 5.75 Å². The lowest BCUT2D eigenvalue weighted by molar-refractivity contribution is 0.0775. The zero-order chi connectivity index (χ0) is 17.2. The van der Waals surface area contributed by atoms with Gasteiger partial charge >= 0.3 is 0 Å². The number of benzene rings is 3. The number of nitrogens with zero attached hydrogens (tertiary/aromatic N) is 1. The van der Waals surface area contributed by atoms with Crippen LogP contribution in [0, 0.1) is 0 Å². The normalized spacial score (nSPS) is 12.4. The van der Waals surface area contributed by atoms with Crippen molar-refractivity contribution in [3.63, 3.8) is 0 Å². The molecular weight excluding hydrogens is 310 g/mol. The standard InChI is InChI=1S/C22H21NO2/c1-23(14-15-25-18-7-3-2-4-8-18)22(24)20-13-12-17-11-10-16-6-5-9-19(20)21(16)17/h2-9,12-13H,10-11,14-15H2,1H3. The highest BCUT2D eigenvalue weighted by molar-refractivity contribution is 6.09. The first-order valence-corrected chi connectivity index (χ1v) is 8.71. The molecule has 0 radical (unpaired) electrons. The van der Waals surface area contributed by atoms with Crippen LogP contribution in [0.1, 0.15) is 21.5 Å². The Morgan fingerprint density at radius 2 is 1.72 bits per heavy atom. The lowest BCUT2D eigenvalue weighted by Crippen LogP contribution is -2.31. The lowest BCUT2D eigenvalue weighted by Gasteiger charge is -2.19. The Hall–Kier alpha value is -2.81. The number of aryl methyl sites for hydroxylation is 2. The summed E-state index contributed by atoms with van der Waals surface area (Å²) >= 11 is 0. The van der Waals surface area contributed by atoms with Crippen molar-refractivity contribution in [2.45, 2.75) is 12.8 Å². The van der Waals surface area contributed by atoms with E-state index in [4.69, 9.17) is 4.74 Å². The van der Waals surface area contributed by atoms with Crippen molar-refractivity contribution in [1.29, 1.82) is 0 Å². The number of amides is 1. The first-order valence-electron chi connectivity index (χ1n) is 8.71. The van der Waals surface area contributed by atoms with Crippen LogP contribution in [-0.2, 0) is 12.8 Å². The minimum Gasteiger partial charge on any atom is -0.492 e. The van der Waals surface area contributed by atoms with Crippen LogP contribution in [0.3, 0.4) is 0 Å². The number of rotatable bonds is 5. The van der Waals surface area contributed by atoms with Gasteiger partial charge in [-0.05, 0) is 52.9 Å². The van der Waals surface area contributed by atoms with Crippen LogP contribution in [0.4, 0.5) is 0 Å². The van der Waals surface area contributed by atoms with Crippen molar-refractivity contribution in [2.24, 2.45) is 0 Å². The first-order chi connectivity index (χ1) is 12.2. The minimum atomic E-state index is 0.0484. The third kappa shape index (κ3) is 2.98. The van der Waals surface area contributed by atoms with Gasteiger partial charge in [0, 0.05) is 12.6 Å². The Morgan fingerprint density at radius 1 is 0.960 bits per heavy atom. The van der Waals surface area contributed by atoms with Crippen LogP contribution in [-0.4, -0.2) is 31.0 Å². The minimum absolute atomic E-state index is 0.0484. The first kappa shape index (κ1) is 15.7. The average molecular weight is 331 g/mol. The third-order valence-electron chi connectivity index (χ3n) is 4.89. The van der Waals surface area contributed by atoms with Crippen LogP contribution in [0.15, 0.2) is 60.7 Å². The number of likely N-dealkylation sites (N-methyl/N-ethyl adjacent to an activating group) is 1. The van der Waals surface area contributed by atoms with Gasteiger partial charge < -0.3 is 9.64 Å². The van der Waals surface area contributed by atoms with Crippen molar-refractivity contribution < 1.29 is 9.53 Å². The fraction of sp³-hybridized carbons (Fsp3) is 0.227. The number of carbonyl (C=O) groups excluding carboxylic acids is 1. The summed E-state index contributed by atoms with van der Waals surface area (Å²) in [4.78, 5) is 14.7. The van der Waals surface area contributed by atoms with E-state index in [-0.39, 0.29) is 5.91 Å². The van der Waals surface area contributed by atoms with Gasteiger partial charge in [-0.25, -0.2) is 0 Å². The molecule has 1 aliphatic carbocycles. The molecule has 0 aromatic heterocycles. The van der Waals surface area contributed by atoms with E-state index in [0.717, 1.165) is 29.5 Å². The molecule has 1 amide bonds. The van der Waals surface area contributed by atoms with Crippen LogP contribution in [0.5, 0.6) is 5.75 Å². The average Bonchev–Trinajstić information content (AvgIpc) is 3.07. The van der Waals surface area contributed by atoms with Gasteiger partial charge in [-0.15, -0.1) is 0 Å². The molecule has 0 atom stereocenters. The summed E-state index contributed by atoms with van der Waals surface area (Å²) in [6, 6.07) is 20.1. The molecule has 0 spiro atoms. The molecule has 25 heavy (non-hydrogen) atoms. The smallest absolute Gasteiger partial charge is 0.254 e. The Labute approximate surface area is 147 Å². The summed E-state index contributed by atoms with van der Waals surface area (Å²) in [5.74, 6) is 0.876. The van der Waals surface area contributed by atoms with E-state index in [1.54, 1.807) is 4.90 Å². The molecule has 126 valence electrons. The summed E-state index contributed by atoms with van der Waals surface area (Å²) in [5.41, 5.74) is 3.50. The summed E-state index contributed by atoms with van der Waals surface area (Å²) in [6.45, 7) is 1.03. The van der Waals surface area contributed by atoms with Crippen molar-refractivity contribution in [2.75, 3.05) is 20.2 Å². The molecular formula is C22H21NO2. The Kier molecular flexibility index (Phi) is 4.14. The molecule has 3 aromatic carbocycles. The molecule has 4 rings (SSSR count). The quantitative estimate of drug-likeness (QED) is 0.705. The molecule has 1 aliphatic rings. The van der Waals surface area contributed by atoms with E-state index in [1.807, 2.05) is 43.4 Å². The molecule has 3 heteroatoms. The molecule has 0 heterocycles. The molecule has 3 aromatic rings. The number of hydrogen-bond acceptors (Lipinski definition) is 2. The van der Waals surface area contributed by atoms with E-state index >= 15 is 0 Å². The van der Waals surface area contributed by atoms with Crippen LogP contribution in [0.2, 0.25) is 0 Å². The second-order valence-electron chi connectivity index (χ2n) is 6.50. The zero-order valence-corrected chi connectivity index (χ0v) is 14.4. The van der Waals surface area contributed by atoms with Crippen molar-refractivity contribution in [1.82, 2.24) is 4.90 Å². The number of hydrogen-bond donors (Lipinski definition) is 0. The molecule has 0 bridgehead atoms. The Morgan fingerprint density at radius 3 is 2.52 bits per heavy atom. The second-order valence-corrected chi connectivity index (χ2v) is 6.50. The highest BCUT2D eigenvalue weighted by Gasteiger charge is 2.20. The fourth-order valence-electron chi connectivity index (χ4n) is 3.56. The number of para-hydroxylation sites is 1. The molecule has 3 nitrogen and oxygen atoms in total. The molecule has 0 N–H and O–H groups in total. The van der Waals surface area contributed by atoms with Gasteiger partial charge in [-0.1, -0.05) is 42.5 Å². The van der Waals surface area contributed by atoms with Crippen molar-refractivity contribution in [3.05, 3.63) is 77.4 Å². The SMILES string of the molecule is CN(CCOc1ccccc1)C(=O)c1ccc2c3c(cccc13)CC2. The van der Waals surface area contributed by atoms with Crippen LogP contribution >= 0.6 is 0 Å². The Bertz CT molecular complexity index is 908. The monoisotopic (exact) mass is 331 g/mol. The maximum absolute atomic E-state index is 12.9. The molecule has 0 saturated carbocycles. The molecule has 0 aliphatic heterocycles. The van der Waals surface area contributed by atoms with Gasteiger partial charge in [-0.2, -0.15) is 0 Å². The maximum atomic E-state index is 12.9. The number of ether oxygens (including phenoxy) is 1. The van der Waals surface area contributed by atoms with Crippen LogP contribution < -0.4 is 4.74 Å². The lowest BCUT2D eigenvalue weighted by atomic mass is 9.99. The largest absolute Gasteiger partial charge is 0.492 e. The topological polar surface area (TPSA) is 29.5 Å². The van der Waals surface area contributed by atoms with Gasteiger partial charge in [0.15, 0.2) is 0 Å². The highest BCUT2D eigenvalue weighted by Crippen LogP contribution is 2.33. The predicted octanol–water partition coefficient (Wildman–Crippen LogP) is 4.09. The van der Waals surface area contributed by atoms with Gasteiger partial charge in [-0.3, -0.25) is 4.79 Å². The van der Waals surface area contributed by atoms with E-state index in [0.29, 0.717) is 13.2 Å². The van der Waals surface area contributed by atoms with Crippen LogP contribution in [0.25, 0.3) is 10.8 Å². The second kappa shape index (κ2) is 6.60. The fourth-order valence-corrected chi connectivity index (χ4v) is 3.56. The zero-order valence-electron chi connectivity index (χ0n) is 14.4. The molecule has 0 unspecified atom stereocenters. The summed E-state index contributed by atoms with van der Waals surface area (Å²) in [7, 11) is 1.83. The predicted molar refractivity (Wildman–Crippen MR) is 100 cm³/mol. The highest BCUT2D eigenvalue weighted by atomic mass is 16.5.